The Labute approximate surface area is 352 Å². The second-order valence-corrected chi connectivity index (χ2v) is 19.8. The number of benzene rings is 1. The number of carbonyl (C=O) groups is 4. The first-order valence-electron chi connectivity index (χ1n) is 20.9. The third kappa shape index (κ3) is 10.1. The van der Waals surface area contributed by atoms with Crippen LogP contribution >= 0.6 is 0 Å². The molecule has 4 fully saturated rings. The van der Waals surface area contributed by atoms with Crippen molar-refractivity contribution < 1.29 is 59.7 Å². The van der Waals surface area contributed by atoms with Gasteiger partial charge in [0.1, 0.15) is 35.2 Å². The molecule has 61 heavy (non-hydrogen) atoms. The zero-order valence-corrected chi connectivity index (χ0v) is 35.4. The van der Waals surface area contributed by atoms with Gasteiger partial charge in [0.05, 0.1) is 31.0 Å². The van der Waals surface area contributed by atoms with E-state index < -0.39 is 86.9 Å². The van der Waals surface area contributed by atoms with Gasteiger partial charge in [0, 0.05) is 29.9 Å². The summed E-state index contributed by atoms with van der Waals surface area (Å²) in [7, 11) is -2.51. The number of alkyl halides is 3. The number of hydrogen-bond acceptors (Lipinski definition) is 11. The molecule has 5 atom stereocenters. The lowest BCUT2D eigenvalue weighted by molar-refractivity contribution is -0.154. The third-order valence-corrected chi connectivity index (χ3v) is 14.3. The minimum Gasteiger partial charge on any atom is -0.496 e. The van der Waals surface area contributed by atoms with Gasteiger partial charge in [0.15, 0.2) is 6.61 Å². The number of sulfonamides is 1. The maximum absolute atomic E-state index is 14.9. The lowest BCUT2D eigenvalue weighted by Gasteiger charge is -2.35. The van der Waals surface area contributed by atoms with Gasteiger partial charge in [-0.15, -0.1) is 6.58 Å². The number of cyclic esters (lactones) is 1. The molecule has 1 aromatic heterocycles. The van der Waals surface area contributed by atoms with Crippen LogP contribution in [0.25, 0.3) is 10.9 Å². The average Bonchev–Trinajstić information content (AvgIpc) is 4.14. The fourth-order valence-electron chi connectivity index (χ4n) is 8.82. The highest BCUT2D eigenvalue weighted by molar-refractivity contribution is 7.91. The zero-order chi connectivity index (χ0) is 43.9. The smallest absolute Gasteiger partial charge is 0.422 e. The van der Waals surface area contributed by atoms with Gasteiger partial charge in [-0.2, -0.15) is 13.2 Å². The Balaban J connectivity index is 1.28. The molecule has 5 aliphatic rings. The molecule has 1 saturated heterocycles. The number of pyridine rings is 1. The first-order valence-corrected chi connectivity index (χ1v) is 22.5. The summed E-state index contributed by atoms with van der Waals surface area (Å²) < 4.78 is 90.8. The molecule has 4 bridgehead atoms. The largest absolute Gasteiger partial charge is 0.496 e. The number of carbonyl (C=O) groups excluding carboxylic acids is 4. The molecule has 0 radical (unpaired) electrons. The van der Waals surface area contributed by atoms with E-state index in [0.717, 1.165) is 24.8 Å². The quantitative estimate of drug-likeness (QED) is 0.265. The van der Waals surface area contributed by atoms with Crippen LogP contribution in [0.3, 0.4) is 0 Å². The van der Waals surface area contributed by atoms with E-state index >= 15 is 0 Å². The molecule has 334 valence electrons. The van der Waals surface area contributed by atoms with Gasteiger partial charge in [0.25, 0.3) is 5.91 Å². The number of halogens is 3. The summed E-state index contributed by atoms with van der Waals surface area (Å²) in [5, 5.41) is 5.31. The molecule has 0 spiro atoms. The van der Waals surface area contributed by atoms with Crippen molar-refractivity contribution in [2.75, 3.05) is 26.9 Å². The summed E-state index contributed by atoms with van der Waals surface area (Å²) in [6.07, 6.45) is 1.43. The van der Waals surface area contributed by atoms with Gasteiger partial charge in [-0.1, -0.05) is 39.2 Å². The van der Waals surface area contributed by atoms with Crippen LogP contribution in [0.5, 0.6) is 17.4 Å². The number of fused-ring (bicyclic) bond motifs is 3. The van der Waals surface area contributed by atoms with Crippen LogP contribution in [-0.2, 0) is 35.6 Å². The Kier molecular flexibility index (Phi) is 12.4. The first kappa shape index (κ1) is 44.3. The van der Waals surface area contributed by atoms with E-state index in [2.05, 4.69) is 26.9 Å². The topological polar surface area (TPSA) is 192 Å². The Morgan fingerprint density at radius 3 is 2.49 bits per heavy atom. The van der Waals surface area contributed by atoms with E-state index in [1.807, 2.05) is 13.8 Å². The summed E-state index contributed by atoms with van der Waals surface area (Å²) in [5.41, 5.74) is -1.16. The number of nitrogens with zero attached hydrogens (tertiary/aromatic N) is 2. The Hall–Kier alpha value is -4.81. The summed E-state index contributed by atoms with van der Waals surface area (Å²) in [6, 6.07) is 2.23. The van der Waals surface area contributed by atoms with Crippen molar-refractivity contribution in [3.05, 3.63) is 36.4 Å². The number of rotatable bonds is 10. The Morgan fingerprint density at radius 2 is 1.84 bits per heavy atom. The SMILES string of the molecule is C=C[C@@H]1CC1(NC(=O)[C@@H]1C[C@@H]2CN1C(=O)[C@H](C1CCCCC1)NC(=O)OCC(C)(C)CCCc1cc3c(cc(OCC(F)(F)F)nc3cc1OC)O2)C(=O)NS(=O)(=O)C1CC1. The molecule has 3 saturated carbocycles. The minimum atomic E-state index is -4.67. The van der Waals surface area contributed by atoms with Crippen molar-refractivity contribution >= 4 is 44.7 Å². The van der Waals surface area contributed by atoms with Crippen LogP contribution in [0.1, 0.15) is 90.0 Å². The van der Waals surface area contributed by atoms with Crippen LogP contribution in [-0.4, -0.2) is 104 Å². The predicted octanol–water partition coefficient (Wildman–Crippen LogP) is 5.24. The molecule has 1 aromatic carbocycles. The molecule has 19 heteroatoms. The number of nitrogens with one attached hydrogen (secondary N) is 3. The summed E-state index contributed by atoms with van der Waals surface area (Å²) in [5.74, 6) is -3.00. The molecule has 2 aliphatic heterocycles. The first-order chi connectivity index (χ1) is 28.8. The Morgan fingerprint density at radius 1 is 1.10 bits per heavy atom. The molecule has 15 nitrogen and oxygen atoms in total. The number of methoxy groups -OCH3 is 1. The molecular weight excluding hydrogens is 824 g/mol. The second-order valence-electron chi connectivity index (χ2n) is 17.8. The lowest BCUT2D eigenvalue weighted by Crippen LogP contribution is -2.59. The highest BCUT2D eigenvalue weighted by Gasteiger charge is 2.62. The van der Waals surface area contributed by atoms with E-state index in [0.29, 0.717) is 56.1 Å². The van der Waals surface area contributed by atoms with Gasteiger partial charge in [0.2, 0.25) is 27.7 Å². The van der Waals surface area contributed by atoms with Crippen molar-refractivity contribution in [1.29, 1.82) is 0 Å². The van der Waals surface area contributed by atoms with E-state index in [-0.39, 0.29) is 49.1 Å². The normalized spacial score (nSPS) is 27.5. The standard InChI is InChI=1S/C42H54F3N5O10S/c1-5-26-20-41(26,38(53)49-61(55,56)28-13-14-28)48-36(51)31-17-27-21-50(31)37(52)35(24-10-7-6-8-11-24)47-39(54)59-22-40(2,3)15-9-12-25-16-29-30(18-32(25)57-4)46-34(19-33(29)60-27)58-23-42(43,44)45/h5,16,18-19,24,26-28,31,35H,1,6-15,17,20-23H2,2-4H3,(H,47,54)(H,48,51)(H,49,53)/t26-,27-,31+,35+,41?/m1/s1. The van der Waals surface area contributed by atoms with Crippen LogP contribution in [0.15, 0.2) is 30.9 Å². The molecule has 1 unspecified atom stereocenters. The van der Waals surface area contributed by atoms with Crippen molar-refractivity contribution in [2.45, 2.75) is 126 Å². The number of ether oxygens (including phenoxy) is 4. The van der Waals surface area contributed by atoms with Crippen LogP contribution in [0.2, 0.25) is 0 Å². The van der Waals surface area contributed by atoms with Crippen molar-refractivity contribution in [3.63, 3.8) is 0 Å². The average molecular weight is 878 g/mol. The van der Waals surface area contributed by atoms with E-state index in [1.54, 1.807) is 12.1 Å². The van der Waals surface area contributed by atoms with Gasteiger partial charge in [-0.05, 0) is 74.3 Å². The van der Waals surface area contributed by atoms with Crippen LogP contribution in [0, 0.1) is 17.3 Å². The van der Waals surface area contributed by atoms with Crippen molar-refractivity contribution in [2.24, 2.45) is 17.3 Å². The second kappa shape index (κ2) is 17.2. The number of amides is 4. The monoisotopic (exact) mass is 877 g/mol. The van der Waals surface area contributed by atoms with Crippen molar-refractivity contribution in [1.82, 2.24) is 25.2 Å². The maximum Gasteiger partial charge on any atom is 0.422 e. The molecule has 3 heterocycles. The molecular formula is C42H54F3N5O10S. The van der Waals surface area contributed by atoms with Gasteiger partial charge >= 0.3 is 12.3 Å². The highest BCUT2D eigenvalue weighted by atomic mass is 32.2. The van der Waals surface area contributed by atoms with Gasteiger partial charge in [-0.25, -0.2) is 18.2 Å². The van der Waals surface area contributed by atoms with E-state index in [9.17, 15) is 40.8 Å². The fourth-order valence-corrected chi connectivity index (χ4v) is 10.2. The number of alkyl carbamates (subject to hydrolysis) is 1. The zero-order valence-electron chi connectivity index (χ0n) is 34.6. The molecule has 7 rings (SSSR count). The minimum absolute atomic E-state index is 0.0454. The summed E-state index contributed by atoms with van der Waals surface area (Å²) in [4.78, 5) is 62.3. The maximum atomic E-state index is 14.9. The lowest BCUT2D eigenvalue weighted by atomic mass is 9.83. The van der Waals surface area contributed by atoms with Gasteiger partial charge < -0.3 is 34.5 Å². The van der Waals surface area contributed by atoms with E-state index in [1.165, 1.54) is 24.2 Å². The number of hydrogen-bond donors (Lipinski definition) is 3. The third-order valence-electron chi connectivity index (χ3n) is 12.5. The summed E-state index contributed by atoms with van der Waals surface area (Å²) >= 11 is 0. The van der Waals surface area contributed by atoms with Gasteiger partial charge in [-0.3, -0.25) is 19.1 Å². The Bertz CT molecular complexity index is 2160. The van der Waals surface area contributed by atoms with E-state index in [4.69, 9.17) is 18.9 Å². The van der Waals surface area contributed by atoms with Crippen molar-refractivity contribution in [3.8, 4) is 17.4 Å². The summed E-state index contributed by atoms with van der Waals surface area (Å²) in [6.45, 7) is 5.90. The molecule has 4 amide bonds. The highest BCUT2D eigenvalue weighted by Crippen LogP contribution is 2.46. The molecule has 2 aromatic rings. The number of aromatic nitrogens is 1. The fraction of sp³-hybridized carbons (Fsp3) is 0.643. The number of aryl methyl sites for hydroxylation is 1. The van der Waals surface area contributed by atoms with Crippen LogP contribution < -0.4 is 29.6 Å². The van der Waals surface area contributed by atoms with Crippen LogP contribution in [0.4, 0.5) is 18.0 Å². The molecule has 3 aliphatic carbocycles. The predicted molar refractivity (Wildman–Crippen MR) is 215 cm³/mol. The molecule has 3 N–H and O–H groups in total.